The van der Waals surface area contributed by atoms with Crippen LogP contribution in [-0.4, -0.2) is 55.5 Å². The van der Waals surface area contributed by atoms with Crippen LogP contribution in [0.5, 0.6) is 5.75 Å². The zero-order valence-corrected chi connectivity index (χ0v) is 30.9. The van der Waals surface area contributed by atoms with Gasteiger partial charge in [-0.3, -0.25) is 4.79 Å². The highest BCUT2D eigenvalue weighted by molar-refractivity contribution is 7.90. The van der Waals surface area contributed by atoms with Gasteiger partial charge in [-0.15, -0.1) is 0 Å². The first-order chi connectivity index (χ1) is 23.9. The van der Waals surface area contributed by atoms with E-state index < -0.39 is 26.8 Å². The number of ether oxygens (including phenoxy) is 2. The van der Waals surface area contributed by atoms with Crippen LogP contribution in [0, 0.1) is 24.7 Å². The fourth-order valence-corrected chi connectivity index (χ4v) is 9.09. The number of aliphatic hydroxyl groups is 1. The number of aromatic nitrogens is 1. The van der Waals surface area contributed by atoms with Gasteiger partial charge in [0.25, 0.3) is 5.91 Å². The van der Waals surface area contributed by atoms with Crippen molar-refractivity contribution >= 4 is 33.2 Å². The highest BCUT2D eigenvalue weighted by Crippen LogP contribution is 2.47. The van der Waals surface area contributed by atoms with Crippen molar-refractivity contribution < 1.29 is 32.2 Å². The molecule has 10 nitrogen and oxygen atoms in total. The molecule has 2 aromatic carbocycles. The number of aliphatic hydroxyl groups excluding tert-OH is 1. The van der Waals surface area contributed by atoms with Crippen LogP contribution in [0.25, 0.3) is 0 Å². The van der Waals surface area contributed by atoms with E-state index in [2.05, 4.69) is 20.7 Å². The third-order valence-electron chi connectivity index (χ3n) is 11.1. The molecular formula is C38H48ClN3O7S. The summed E-state index contributed by atoms with van der Waals surface area (Å²) in [5.41, 5.74) is 2.94. The molecule has 1 saturated carbocycles. The maximum atomic E-state index is 13.5. The maximum Gasteiger partial charge on any atom is 0.264 e. The summed E-state index contributed by atoms with van der Waals surface area (Å²) in [5.74, 6) is 1.05. The standard InChI is InChI=1S/C38H48ClN3O7S/c1-24-8-7-16-38(47-4,20-36-40-33(22-43)25(2)49-36)32-14-11-29(32)21-42-17-6-5-9-27-18-31(39)13-10-30(27)23-48-35-15-12-28(19-34(35)42)37(44)41-50(45,46)26(24)3/h7,10,12-13,15-16,18-19,24,26,29,32,43H,5-6,8-9,11,14,17,20-23H2,1-4H3,(H,41,44)/b16-7+/t24-,26+,29-,32+,38+/m0/s1. The minimum Gasteiger partial charge on any atom is -0.487 e. The highest BCUT2D eigenvalue weighted by atomic mass is 35.5. The lowest BCUT2D eigenvalue weighted by Gasteiger charge is -2.49. The lowest BCUT2D eigenvalue weighted by molar-refractivity contribution is -0.0776. The van der Waals surface area contributed by atoms with Crippen LogP contribution in [0.1, 0.15) is 84.8 Å². The predicted molar refractivity (Wildman–Crippen MR) is 193 cm³/mol. The molecule has 3 heterocycles. The van der Waals surface area contributed by atoms with E-state index in [-0.39, 0.29) is 29.9 Å². The van der Waals surface area contributed by atoms with Crippen molar-refractivity contribution in [2.75, 3.05) is 25.1 Å². The Bertz CT molecular complexity index is 1840. The second kappa shape index (κ2) is 15.1. The summed E-state index contributed by atoms with van der Waals surface area (Å²) in [4.78, 5) is 20.4. The molecular weight excluding hydrogens is 678 g/mol. The van der Waals surface area contributed by atoms with Gasteiger partial charge in [-0.25, -0.2) is 18.1 Å². The number of allylic oxidation sites excluding steroid dienone is 1. The lowest BCUT2D eigenvalue weighted by atomic mass is 9.63. The molecule has 5 atom stereocenters. The summed E-state index contributed by atoms with van der Waals surface area (Å²) in [6.45, 7) is 6.80. The minimum atomic E-state index is -4.00. The largest absolute Gasteiger partial charge is 0.487 e. The maximum absolute atomic E-state index is 13.5. The van der Waals surface area contributed by atoms with E-state index in [0.717, 1.165) is 48.9 Å². The SMILES string of the molecule is CO[C@@]1(Cc2nc(CO)c(C)o2)/C=C/C[C@H](C)[C@@H](C)S(=O)(=O)NC(=O)c2ccc3c(c2)N(CCCCc2cc(Cl)ccc2CO3)C[C@@H]2CC[C@H]21. The molecule has 0 radical (unpaired) electrons. The third-order valence-corrected chi connectivity index (χ3v) is 13.2. The molecule has 50 heavy (non-hydrogen) atoms. The molecule has 2 aliphatic heterocycles. The number of carbonyl (C=O) groups excluding carboxylic acids is 1. The van der Waals surface area contributed by atoms with Gasteiger partial charge in [0.2, 0.25) is 10.0 Å². The van der Waals surface area contributed by atoms with Crippen molar-refractivity contribution in [1.29, 1.82) is 0 Å². The van der Waals surface area contributed by atoms with Crippen LogP contribution in [0.15, 0.2) is 53.0 Å². The number of amides is 1. The Kier molecular flexibility index (Phi) is 11.0. The molecule has 1 aromatic heterocycles. The van der Waals surface area contributed by atoms with Crippen LogP contribution >= 0.6 is 11.6 Å². The van der Waals surface area contributed by atoms with Crippen molar-refractivity contribution in [1.82, 2.24) is 9.71 Å². The molecule has 2 N–H and O–H groups in total. The molecule has 0 saturated heterocycles. The Morgan fingerprint density at radius 3 is 2.68 bits per heavy atom. The Morgan fingerprint density at radius 1 is 1.14 bits per heavy atom. The summed E-state index contributed by atoms with van der Waals surface area (Å²) in [6, 6.07) is 11.1. The van der Waals surface area contributed by atoms with E-state index in [1.807, 2.05) is 31.2 Å². The first-order valence-electron chi connectivity index (χ1n) is 17.6. The molecule has 6 rings (SSSR count). The van der Waals surface area contributed by atoms with Crippen molar-refractivity contribution in [2.45, 2.75) is 89.8 Å². The number of anilines is 1. The monoisotopic (exact) mass is 725 g/mol. The zero-order valence-electron chi connectivity index (χ0n) is 29.3. The topological polar surface area (TPSA) is 131 Å². The fraction of sp³-hybridized carbons (Fsp3) is 0.526. The van der Waals surface area contributed by atoms with Crippen molar-refractivity contribution in [3.05, 3.63) is 87.6 Å². The summed E-state index contributed by atoms with van der Waals surface area (Å²) < 4.78 is 48.3. The number of aryl methyl sites for hydroxylation is 2. The van der Waals surface area contributed by atoms with Crippen LogP contribution < -0.4 is 14.4 Å². The number of hydrogen-bond donors (Lipinski definition) is 2. The van der Waals surface area contributed by atoms with Crippen molar-refractivity contribution in [2.24, 2.45) is 17.8 Å². The molecule has 270 valence electrons. The average molecular weight is 726 g/mol. The van der Waals surface area contributed by atoms with Gasteiger partial charge in [-0.1, -0.05) is 36.7 Å². The Labute approximate surface area is 300 Å². The molecule has 2 bridgehead atoms. The average Bonchev–Trinajstić information content (AvgIpc) is 3.42. The van der Waals surface area contributed by atoms with Crippen molar-refractivity contribution in [3.63, 3.8) is 0 Å². The Balaban J connectivity index is 1.42. The van der Waals surface area contributed by atoms with Gasteiger partial charge in [0.05, 0.1) is 29.6 Å². The number of hydrogen-bond acceptors (Lipinski definition) is 9. The smallest absolute Gasteiger partial charge is 0.264 e. The van der Waals surface area contributed by atoms with Crippen LogP contribution in [0.4, 0.5) is 5.69 Å². The number of methoxy groups -OCH3 is 1. The molecule has 3 aromatic rings. The molecule has 3 aliphatic rings. The molecule has 0 spiro atoms. The van der Waals surface area contributed by atoms with E-state index >= 15 is 0 Å². The molecule has 1 aliphatic carbocycles. The molecule has 1 amide bonds. The third kappa shape index (κ3) is 7.61. The summed E-state index contributed by atoms with van der Waals surface area (Å²) in [5, 5.41) is 9.67. The lowest BCUT2D eigenvalue weighted by Crippen LogP contribution is -2.52. The first-order valence-corrected chi connectivity index (χ1v) is 19.5. The second-order valence-electron chi connectivity index (χ2n) is 14.1. The number of rotatable bonds is 4. The van der Waals surface area contributed by atoms with Gasteiger partial charge in [0.1, 0.15) is 23.8 Å². The minimum absolute atomic E-state index is 0.0957. The van der Waals surface area contributed by atoms with Gasteiger partial charge in [-0.2, -0.15) is 0 Å². The number of carbonyl (C=O) groups is 1. The van der Waals surface area contributed by atoms with Crippen LogP contribution in [0.2, 0.25) is 5.02 Å². The number of benzene rings is 2. The normalized spacial score (nSPS) is 27.8. The number of nitrogens with one attached hydrogen (secondary N) is 1. The number of fused-ring (bicyclic) bond motifs is 3. The second-order valence-corrected chi connectivity index (χ2v) is 16.6. The molecule has 1 fully saturated rings. The van der Waals surface area contributed by atoms with E-state index in [1.165, 1.54) is 0 Å². The van der Waals surface area contributed by atoms with Gasteiger partial charge < -0.3 is 23.9 Å². The highest BCUT2D eigenvalue weighted by Gasteiger charge is 2.48. The van der Waals surface area contributed by atoms with Gasteiger partial charge in [0, 0.05) is 30.8 Å². The van der Waals surface area contributed by atoms with Crippen LogP contribution in [-0.2, 0) is 40.8 Å². The Hall–Kier alpha value is -3.38. The van der Waals surface area contributed by atoms with E-state index in [1.54, 1.807) is 39.2 Å². The summed E-state index contributed by atoms with van der Waals surface area (Å²) in [7, 11) is -2.29. The van der Waals surface area contributed by atoms with Gasteiger partial charge in [-0.05, 0) is 112 Å². The predicted octanol–water partition coefficient (Wildman–Crippen LogP) is 6.55. The van der Waals surface area contributed by atoms with E-state index in [9.17, 15) is 18.3 Å². The quantitative estimate of drug-likeness (QED) is 0.288. The van der Waals surface area contributed by atoms with E-state index in [0.29, 0.717) is 60.7 Å². The molecule has 12 heteroatoms. The summed E-state index contributed by atoms with van der Waals surface area (Å²) in [6.07, 6.45) is 9.47. The van der Waals surface area contributed by atoms with Crippen LogP contribution in [0.3, 0.4) is 0 Å². The van der Waals surface area contributed by atoms with Gasteiger partial charge in [0.15, 0.2) is 5.89 Å². The number of sulfonamides is 1. The fourth-order valence-electron chi connectivity index (χ4n) is 7.61. The molecule has 0 unspecified atom stereocenters. The Morgan fingerprint density at radius 2 is 1.96 bits per heavy atom. The first kappa shape index (κ1) is 36.4. The summed E-state index contributed by atoms with van der Waals surface area (Å²) >= 11 is 6.37. The van der Waals surface area contributed by atoms with E-state index in [4.69, 9.17) is 25.5 Å². The number of halogens is 1. The van der Waals surface area contributed by atoms with Gasteiger partial charge >= 0.3 is 0 Å². The van der Waals surface area contributed by atoms with Crippen molar-refractivity contribution in [3.8, 4) is 5.75 Å². The zero-order chi connectivity index (χ0) is 35.6. The number of nitrogens with zero attached hydrogens (tertiary/aromatic N) is 2. The number of oxazole rings is 1.